The number of benzene rings is 2. The molecule has 0 fully saturated rings. The van der Waals surface area contributed by atoms with Gasteiger partial charge in [0.25, 0.3) is 0 Å². The zero-order valence-corrected chi connectivity index (χ0v) is 17.4. The fourth-order valence-electron chi connectivity index (χ4n) is 2.64. The molecule has 2 aromatic carbocycles. The number of aryl methyl sites for hydroxylation is 1. The molecule has 0 radical (unpaired) electrons. The lowest BCUT2D eigenvalue weighted by Gasteiger charge is -2.09. The van der Waals surface area contributed by atoms with E-state index in [0.717, 1.165) is 16.3 Å². The summed E-state index contributed by atoms with van der Waals surface area (Å²) in [5.74, 6) is -0.901. The number of hydrogen-bond donors (Lipinski definition) is 1. The van der Waals surface area contributed by atoms with Gasteiger partial charge in [-0.15, -0.1) is 11.3 Å². The summed E-state index contributed by atoms with van der Waals surface area (Å²) >= 11 is 1.41. The van der Waals surface area contributed by atoms with Crippen LogP contribution in [-0.2, 0) is 21.2 Å². The molecule has 0 saturated heterocycles. The van der Waals surface area contributed by atoms with Crippen molar-refractivity contribution < 1.29 is 22.3 Å². The number of carbonyl (C=O) groups is 1. The summed E-state index contributed by atoms with van der Waals surface area (Å²) in [6.45, 7) is 1.85. The van der Waals surface area contributed by atoms with Crippen LogP contribution in [0, 0.1) is 12.7 Å². The molecule has 0 aliphatic heterocycles. The summed E-state index contributed by atoms with van der Waals surface area (Å²) in [5.41, 5.74) is 2.37. The molecule has 0 aliphatic rings. The number of nitrogens with one attached hydrogen (secondary N) is 1. The van der Waals surface area contributed by atoms with Crippen molar-refractivity contribution in [3.05, 3.63) is 70.5 Å². The van der Waals surface area contributed by atoms with E-state index in [1.54, 1.807) is 25.1 Å². The Labute approximate surface area is 172 Å². The van der Waals surface area contributed by atoms with Crippen molar-refractivity contribution in [2.75, 3.05) is 13.7 Å². The molecule has 6 nitrogen and oxygen atoms in total. The van der Waals surface area contributed by atoms with Crippen molar-refractivity contribution in [2.24, 2.45) is 0 Å². The van der Waals surface area contributed by atoms with E-state index in [4.69, 9.17) is 0 Å². The van der Waals surface area contributed by atoms with E-state index in [1.807, 2.05) is 5.38 Å². The third-order valence-electron chi connectivity index (χ3n) is 4.24. The molecule has 0 unspecified atom stereocenters. The average molecular weight is 435 g/mol. The molecule has 0 aliphatic carbocycles. The van der Waals surface area contributed by atoms with Crippen molar-refractivity contribution >= 4 is 27.3 Å². The molecule has 3 rings (SSSR count). The van der Waals surface area contributed by atoms with Gasteiger partial charge in [-0.3, -0.25) is 0 Å². The van der Waals surface area contributed by atoms with Gasteiger partial charge in [0.1, 0.15) is 10.8 Å². The van der Waals surface area contributed by atoms with Gasteiger partial charge in [-0.05, 0) is 48.9 Å². The number of sulfonamides is 1. The highest BCUT2D eigenvalue weighted by molar-refractivity contribution is 7.89. The van der Waals surface area contributed by atoms with Crippen LogP contribution < -0.4 is 4.72 Å². The number of rotatable bonds is 7. The van der Waals surface area contributed by atoms with E-state index < -0.39 is 16.0 Å². The summed E-state index contributed by atoms with van der Waals surface area (Å²) in [5, 5.41) is 2.58. The average Bonchev–Trinajstić information content (AvgIpc) is 3.17. The number of methoxy groups -OCH3 is 1. The topological polar surface area (TPSA) is 85.4 Å². The van der Waals surface area contributed by atoms with Crippen LogP contribution in [0.4, 0.5) is 4.39 Å². The number of halogens is 1. The summed E-state index contributed by atoms with van der Waals surface area (Å²) in [6, 6.07) is 10.4. The highest BCUT2D eigenvalue weighted by Crippen LogP contribution is 2.24. The maximum Gasteiger partial charge on any atom is 0.338 e. The molecule has 1 aromatic heterocycles. The molecule has 0 saturated carbocycles. The fraction of sp³-hybridized carbons (Fsp3) is 0.200. The smallest absolute Gasteiger partial charge is 0.338 e. The molecule has 3 aromatic rings. The maximum atomic E-state index is 13.0. The van der Waals surface area contributed by atoms with Crippen molar-refractivity contribution in [1.29, 1.82) is 0 Å². The van der Waals surface area contributed by atoms with E-state index in [-0.39, 0.29) is 22.8 Å². The normalized spacial score (nSPS) is 11.4. The second kappa shape index (κ2) is 8.81. The minimum absolute atomic E-state index is 0.00576. The summed E-state index contributed by atoms with van der Waals surface area (Å²) < 4.78 is 45.3. The Morgan fingerprint density at radius 3 is 2.62 bits per heavy atom. The zero-order chi connectivity index (χ0) is 21.0. The molecule has 0 bridgehead atoms. The molecule has 0 amide bonds. The SMILES string of the molecule is COC(=O)c1cc(S(=O)(=O)NCCc2csc(-c3ccc(F)cc3)n2)ccc1C. The second-order valence-corrected chi connectivity index (χ2v) is 8.89. The lowest BCUT2D eigenvalue weighted by Crippen LogP contribution is -2.26. The molecule has 0 atom stereocenters. The van der Waals surface area contributed by atoms with Crippen molar-refractivity contribution in [1.82, 2.24) is 9.71 Å². The van der Waals surface area contributed by atoms with E-state index in [0.29, 0.717) is 12.0 Å². The molecule has 152 valence electrons. The van der Waals surface area contributed by atoms with Gasteiger partial charge in [0.05, 0.1) is 23.3 Å². The maximum absolute atomic E-state index is 13.0. The summed E-state index contributed by atoms with van der Waals surface area (Å²) in [4.78, 5) is 16.2. The molecule has 29 heavy (non-hydrogen) atoms. The number of ether oxygens (including phenoxy) is 1. The van der Waals surface area contributed by atoms with Gasteiger partial charge in [0.2, 0.25) is 10.0 Å². The standard InChI is InChI=1S/C20H19FN2O4S2/c1-13-3-8-17(11-18(13)20(24)27-2)29(25,26)22-10-9-16-12-28-19(23-16)14-4-6-15(21)7-5-14/h3-8,11-12,22H,9-10H2,1-2H3. The Hall–Kier alpha value is -2.62. The number of carbonyl (C=O) groups excluding carboxylic acids is 1. The summed E-state index contributed by atoms with van der Waals surface area (Å²) in [6.07, 6.45) is 0.395. The van der Waals surface area contributed by atoms with Crippen LogP contribution in [0.3, 0.4) is 0 Å². The molecule has 1 heterocycles. The van der Waals surface area contributed by atoms with E-state index in [2.05, 4.69) is 14.4 Å². The Morgan fingerprint density at radius 1 is 1.21 bits per heavy atom. The van der Waals surface area contributed by atoms with Crippen LogP contribution in [0.25, 0.3) is 10.6 Å². The third-order valence-corrected chi connectivity index (χ3v) is 6.64. The van der Waals surface area contributed by atoms with E-state index in [1.165, 1.54) is 42.7 Å². The predicted molar refractivity (Wildman–Crippen MR) is 109 cm³/mol. The van der Waals surface area contributed by atoms with Crippen LogP contribution in [-0.4, -0.2) is 33.0 Å². The van der Waals surface area contributed by atoms with Gasteiger partial charge in [-0.25, -0.2) is 27.3 Å². The minimum atomic E-state index is -3.79. The van der Waals surface area contributed by atoms with Crippen LogP contribution in [0.2, 0.25) is 0 Å². The fourth-order valence-corrected chi connectivity index (χ4v) is 4.56. The lowest BCUT2D eigenvalue weighted by molar-refractivity contribution is 0.0599. The Bertz CT molecular complexity index is 1130. The first-order valence-electron chi connectivity index (χ1n) is 8.69. The van der Waals surface area contributed by atoms with Gasteiger partial charge in [0, 0.05) is 23.9 Å². The highest BCUT2D eigenvalue weighted by Gasteiger charge is 2.18. The van der Waals surface area contributed by atoms with Gasteiger partial charge < -0.3 is 4.74 Å². The predicted octanol–water partition coefficient (Wildman–Crippen LogP) is 3.57. The first kappa shape index (κ1) is 21.1. The Balaban J connectivity index is 1.66. The second-order valence-electron chi connectivity index (χ2n) is 6.27. The molecular weight excluding hydrogens is 415 g/mol. The Kier molecular flexibility index (Phi) is 6.41. The van der Waals surface area contributed by atoms with Gasteiger partial charge in [0.15, 0.2) is 0 Å². The molecular formula is C20H19FN2O4S2. The summed E-state index contributed by atoms with van der Waals surface area (Å²) in [7, 11) is -2.54. The number of thiazole rings is 1. The quantitative estimate of drug-likeness (QED) is 0.575. The Morgan fingerprint density at radius 2 is 1.93 bits per heavy atom. The van der Waals surface area contributed by atoms with Gasteiger partial charge >= 0.3 is 5.97 Å². The van der Waals surface area contributed by atoms with Crippen LogP contribution >= 0.6 is 11.3 Å². The number of nitrogens with zero attached hydrogens (tertiary/aromatic N) is 1. The van der Waals surface area contributed by atoms with Crippen molar-refractivity contribution in [3.63, 3.8) is 0 Å². The monoisotopic (exact) mass is 434 g/mol. The van der Waals surface area contributed by atoms with Crippen LogP contribution in [0.15, 0.2) is 52.7 Å². The molecule has 0 spiro atoms. The molecule has 1 N–H and O–H groups in total. The van der Waals surface area contributed by atoms with E-state index >= 15 is 0 Å². The zero-order valence-electron chi connectivity index (χ0n) is 15.8. The number of esters is 1. The highest BCUT2D eigenvalue weighted by atomic mass is 32.2. The lowest BCUT2D eigenvalue weighted by atomic mass is 10.1. The number of hydrogen-bond acceptors (Lipinski definition) is 6. The van der Waals surface area contributed by atoms with Gasteiger partial charge in [-0.2, -0.15) is 0 Å². The third kappa shape index (κ3) is 5.06. The first-order chi connectivity index (χ1) is 13.8. The van der Waals surface area contributed by atoms with Crippen molar-refractivity contribution in [3.8, 4) is 10.6 Å². The van der Waals surface area contributed by atoms with Crippen molar-refractivity contribution in [2.45, 2.75) is 18.2 Å². The minimum Gasteiger partial charge on any atom is -0.465 e. The van der Waals surface area contributed by atoms with Gasteiger partial charge in [-0.1, -0.05) is 6.07 Å². The number of aromatic nitrogens is 1. The largest absolute Gasteiger partial charge is 0.465 e. The first-order valence-corrected chi connectivity index (χ1v) is 11.1. The molecule has 9 heteroatoms. The van der Waals surface area contributed by atoms with Crippen LogP contribution in [0.1, 0.15) is 21.6 Å². The van der Waals surface area contributed by atoms with E-state index in [9.17, 15) is 17.6 Å². The van der Waals surface area contributed by atoms with Crippen LogP contribution in [0.5, 0.6) is 0 Å².